The van der Waals surface area contributed by atoms with Crippen LogP contribution in [0.5, 0.6) is 0 Å². The summed E-state index contributed by atoms with van der Waals surface area (Å²) < 4.78 is 1.37. The minimum Gasteiger partial charge on any atom is -0.394 e. The summed E-state index contributed by atoms with van der Waals surface area (Å²) in [4.78, 5) is 22.7. The maximum Gasteiger partial charge on any atom is 0.327 e. The first-order chi connectivity index (χ1) is 10.2. The topological polar surface area (TPSA) is 104 Å². The molecule has 0 amide bonds. The Morgan fingerprint density at radius 2 is 2.05 bits per heavy atom. The van der Waals surface area contributed by atoms with Gasteiger partial charge in [-0.1, -0.05) is 0 Å². The molecule has 0 aliphatic heterocycles. The standard InChI is InChI=1S/C14H14N4O3/c19-8-11(20)7-18-12-5-10(9-1-3-15-4-2-9)6-16-13(12)17-14(18)21/h1-6,11,19-20H,7-8H2,(H,16,17,21). The third-order valence-corrected chi connectivity index (χ3v) is 3.25. The molecule has 0 radical (unpaired) electrons. The van der Waals surface area contributed by atoms with Gasteiger partial charge in [-0.3, -0.25) is 14.5 Å². The molecule has 1 unspecified atom stereocenters. The number of aliphatic hydroxyl groups is 2. The smallest absolute Gasteiger partial charge is 0.327 e. The van der Waals surface area contributed by atoms with Crippen LogP contribution in [-0.2, 0) is 6.54 Å². The monoisotopic (exact) mass is 286 g/mol. The van der Waals surface area contributed by atoms with Gasteiger partial charge in [0.1, 0.15) is 0 Å². The van der Waals surface area contributed by atoms with Gasteiger partial charge in [0.15, 0.2) is 5.65 Å². The molecule has 0 saturated heterocycles. The van der Waals surface area contributed by atoms with Crippen molar-refractivity contribution in [2.45, 2.75) is 12.6 Å². The van der Waals surface area contributed by atoms with E-state index in [1.54, 1.807) is 18.6 Å². The molecule has 1 atom stereocenters. The molecule has 0 spiro atoms. The Balaban J connectivity index is 2.12. The first kappa shape index (κ1) is 13.5. The Morgan fingerprint density at radius 3 is 2.76 bits per heavy atom. The summed E-state index contributed by atoms with van der Waals surface area (Å²) in [7, 11) is 0. The zero-order valence-corrected chi connectivity index (χ0v) is 11.1. The maximum absolute atomic E-state index is 11.9. The molecule has 0 aliphatic rings. The van der Waals surface area contributed by atoms with Crippen LogP contribution in [0.1, 0.15) is 0 Å². The van der Waals surface area contributed by atoms with Gasteiger partial charge in [0, 0.05) is 24.2 Å². The number of aliphatic hydroxyl groups excluding tert-OH is 2. The van der Waals surface area contributed by atoms with E-state index in [1.807, 2.05) is 18.2 Å². The highest BCUT2D eigenvalue weighted by Crippen LogP contribution is 2.20. The summed E-state index contributed by atoms with van der Waals surface area (Å²) in [5.74, 6) is 0. The number of nitrogens with one attached hydrogen (secondary N) is 1. The van der Waals surface area contributed by atoms with Crippen LogP contribution in [0.4, 0.5) is 0 Å². The lowest BCUT2D eigenvalue weighted by Gasteiger charge is -2.08. The molecule has 7 nitrogen and oxygen atoms in total. The van der Waals surface area contributed by atoms with Crippen molar-refractivity contribution < 1.29 is 10.2 Å². The molecule has 0 aliphatic carbocycles. The summed E-state index contributed by atoms with van der Waals surface area (Å²) >= 11 is 0. The molecule has 21 heavy (non-hydrogen) atoms. The van der Waals surface area contributed by atoms with Crippen LogP contribution in [0.15, 0.2) is 41.6 Å². The van der Waals surface area contributed by atoms with Gasteiger partial charge in [0.25, 0.3) is 0 Å². The maximum atomic E-state index is 11.9. The predicted molar refractivity (Wildman–Crippen MR) is 76.7 cm³/mol. The van der Waals surface area contributed by atoms with Crippen molar-refractivity contribution in [3.63, 3.8) is 0 Å². The van der Waals surface area contributed by atoms with Crippen molar-refractivity contribution in [3.05, 3.63) is 47.3 Å². The van der Waals surface area contributed by atoms with Crippen LogP contribution in [-0.4, -0.2) is 42.4 Å². The van der Waals surface area contributed by atoms with Crippen LogP contribution < -0.4 is 5.69 Å². The van der Waals surface area contributed by atoms with Crippen LogP contribution >= 0.6 is 0 Å². The average Bonchev–Trinajstić information content (AvgIpc) is 2.83. The summed E-state index contributed by atoms with van der Waals surface area (Å²) in [6.07, 6.45) is 4.03. The molecule has 7 heteroatoms. The molecule has 0 fully saturated rings. The molecule has 0 bridgehead atoms. The fourth-order valence-electron chi connectivity index (χ4n) is 2.19. The quantitative estimate of drug-likeness (QED) is 0.633. The molecule has 3 N–H and O–H groups in total. The number of nitrogens with zero attached hydrogens (tertiary/aromatic N) is 3. The van der Waals surface area contributed by atoms with E-state index in [1.165, 1.54) is 4.57 Å². The zero-order valence-electron chi connectivity index (χ0n) is 11.1. The van der Waals surface area contributed by atoms with Gasteiger partial charge >= 0.3 is 5.69 Å². The predicted octanol–water partition coefficient (Wildman–Crippen LogP) is 0.140. The van der Waals surface area contributed by atoms with Crippen molar-refractivity contribution in [1.82, 2.24) is 19.5 Å². The molecule has 0 saturated carbocycles. The third kappa shape index (κ3) is 2.56. The Bertz CT molecular complexity index is 810. The van der Waals surface area contributed by atoms with Crippen LogP contribution in [0.25, 0.3) is 22.3 Å². The van der Waals surface area contributed by atoms with E-state index < -0.39 is 12.7 Å². The number of imidazole rings is 1. The molecule has 3 rings (SSSR count). The van der Waals surface area contributed by atoms with Crippen molar-refractivity contribution in [2.75, 3.05) is 6.61 Å². The number of aromatic nitrogens is 4. The number of hydrogen-bond acceptors (Lipinski definition) is 5. The summed E-state index contributed by atoms with van der Waals surface area (Å²) in [5.41, 5.74) is 2.44. The Morgan fingerprint density at radius 1 is 1.29 bits per heavy atom. The first-order valence-electron chi connectivity index (χ1n) is 6.47. The largest absolute Gasteiger partial charge is 0.394 e. The molecule has 108 valence electrons. The van der Waals surface area contributed by atoms with E-state index in [2.05, 4.69) is 15.0 Å². The summed E-state index contributed by atoms with van der Waals surface area (Å²) in [6.45, 7) is -0.395. The van der Waals surface area contributed by atoms with Crippen molar-refractivity contribution >= 4 is 11.2 Å². The molecule has 0 aromatic carbocycles. The SMILES string of the molecule is O=c1[nH]c2ncc(-c3ccncc3)cc2n1CC(O)CO. The van der Waals surface area contributed by atoms with Gasteiger partial charge in [0.05, 0.1) is 24.8 Å². The molecule has 3 heterocycles. The highest BCUT2D eigenvalue weighted by atomic mass is 16.3. The van der Waals surface area contributed by atoms with E-state index in [9.17, 15) is 9.90 Å². The van der Waals surface area contributed by atoms with Gasteiger partial charge in [-0.05, 0) is 23.8 Å². The van der Waals surface area contributed by atoms with Gasteiger partial charge in [-0.15, -0.1) is 0 Å². The highest BCUT2D eigenvalue weighted by molar-refractivity contribution is 5.78. The zero-order chi connectivity index (χ0) is 14.8. The van der Waals surface area contributed by atoms with Crippen LogP contribution in [0.2, 0.25) is 0 Å². The molecular weight excluding hydrogens is 272 g/mol. The summed E-state index contributed by atoms with van der Waals surface area (Å²) in [6, 6.07) is 5.51. The lowest BCUT2D eigenvalue weighted by atomic mass is 10.1. The second-order valence-corrected chi connectivity index (χ2v) is 4.70. The first-order valence-corrected chi connectivity index (χ1v) is 6.47. The molecule has 3 aromatic heterocycles. The lowest BCUT2D eigenvalue weighted by molar-refractivity contribution is 0.0814. The molecule has 3 aromatic rings. The van der Waals surface area contributed by atoms with Crippen molar-refractivity contribution in [2.24, 2.45) is 0 Å². The van der Waals surface area contributed by atoms with Gasteiger partial charge < -0.3 is 10.2 Å². The third-order valence-electron chi connectivity index (χ3n) is 3.25. The van der Waals surface area contributed by atoms with Gasteiger partial charge in [-0.2, -0.15) is 0 Å². The average molecular weight is 286 g/mol. The van der Waals surface area contributed by atoms with Gasteiger partial charge in [0.2, 0.25) is 0 Å². The Hall–Kier alpha value is -2.51. The fraction of sp³-hybridized carbons (Fsp3) is 0.214. The minimum atomic E-state index is -0.994. The minimum absolute atomic E-state index is 0.0107. The highest BCUT2D eigenvalue weighted by Gasteiger charge is 2.12. The number of fused-ring (bicyclic) bond motifs is 1. The van der Waals surface area contributed by atoms with Crippen LogP contribution in [0, 0.1) is 0 Å². The number of aromatic amines is 1. The van der Waals surface area contributed by atoms with Gasteiger partial charge in [-0.25, -0.2) is 9.78 Å². The summed E-state index contributed by atoms with van der Waals surface area (Å²) in [5, 5.41) is 18.5. The van der Waals surface area contributed by atoms with E-state index in [0.29, 0.717) is 11.2 Å². The second kappa shape index (κ2) is 5.47. The normalized spacial score (nSPS) is 12.7. The Labute approximate surface area is 119 Å². The van der Waals surface area contributed by atoms with Crippen molar-refractivity contribution in [1.29, 1.82) is 0 Å². The van der Waals surface area contributed by atoms with Crippen LogP contribution in [0.3, 0.4) is 0 Å². The number of rotatable bonds is 4. The number of pyridine rings is 2. The van der Waals surface area contributed by atoms with E-state index in [0.717, 1.165) is 11.1 Å². The van der Waals surface area contributed by atoms with Crippen molar-refractivity contribution in [3.8, 4) is 11.1 Å². The Kier molecular flexibility index (Phi) is 3.51. The van der Waals surface area contributed by atoms with E-state index >= 15 is 0 Å². The number of hydrogen-bond donors (Lipinski definition) is 3. The van der Waals surface area contributed by atoms with E-state index in [-0.39, 0.29) is 12.2 Å². The lowest BCUT2D eigenvalue weighted by Crippen LogP contribution is -2.26. The second-order valence-electron chi connectivity index (χ2n) is 4.70. The van der Waals surface area contributed by atoms with E-state index in [4.69, 9.17) is 5.11 Å². The number of H-pyrrole nitrogens is 1. The fourth-order valence-corrected chi connectivity index (χ4v) is 2.19. The molecular formula is C14H14N4O3.